The fourth-order valence-electron chi connectivity index (χ4n) is 5.67. The van der Waals surface area contributed by atoms with Crippen molar-refractivity contribution in [3.63, 3.8) is 0 Å². The van der Waals surface area contributed by atoms with Crippen LogP contribution in [0, 0.1) is 11.3 Å². The lowest BCUT2D eigenvalue weighted by Gasteiger charge is -2.55. The second kappa shape index (κ2) is 7.64. The van der Waals surface area contributed by atoms with Gasteiger partial charge in [-0.1, -0.05) is 52.3 Å². The molecule has 0 aliphatic heterocycles. The lowest BCUT2D eigenvalue weighted by molar-refractivity contribution is 0.0445. The highest BCUT2D eigenvalue weighted by molar-refractivity contribution is 7.99. The fourth-order valence-corrected chi connectivity index (χ4v) is 6.99. The van der Waals surface area contributed by atoms with Gasteiger partial charge in [0.25, 0.3) is 0 Å². The van der Waals surface area contributed by atoms with Gasteiger partial charge in [-0.3, -0.25) is 0 Å². The van der Waals surface area contributed by atoms with E-state index in [4.69, 9.17) is 5.73 Å². The van der Waals surface area contributed by atoms with Gasteiger partial charge in [0.1, 0.15) is 0 Å². The molecule has 2 N–H and O–H groups in total. The molecule has 3 rings (SSSR count). The summed E-state index contributed by atoms with van der Waals surface area (Å²) in [6.45, 7) is 10.6. The van der Waals surface area contributed by atoms with Crippen LogP contribution in [-0.2, 0) is 11.8 Å². The molecule has 2 aliphatic rings. The molecule has 3 atom stereocenters. The summed E-state index contributed by atoms with van der Waals surface area (Å²) in [5.41, 5.74) is 11.4. The maximum atomic E-state index is 5.68. The smallest absolute Gasteiger partial charge is 0.00105 e. The molecule has 2 heteroatoms. The normalized spacial score (nSPS) is 31.7. The van der Waals surface area contributed by atoms with Crippen molar-refractivity contribution in [1.29, 1.82) is 0 Å². The zero-order valence-electron chi connectivity index (χ0n) is 16.7. The lowest BCUT2D eigenvalue weighted by atomic mass is 9.50. The quantitative estimate of drug-likeness (QED) is 0.640. The predicted octanol–water partition coefficient (Wildman–Crippen LogP) is 5.90. The Balaban J connectivity index is 1.85. The van der Waals surface area contributed by atoms with E-state index in [0.29, 0.717) is 16.7 Å². The number of hydrogen-bond donors (Lipinski definition) is 1. The minimum Gasteiger partial charge on any atom is -0.330 e. The zero-order valence-corrected chi connectivity index (χ0v) is 17.6. The van der Waals surface area contributed by atoms with Crippen molar-refractivity contribution in [1.82, 2.24) is 0 Å². The van der Waals surface area contributed by atoms with Gasteiger partial charge in [-0.05, 0) is 89.5 Å². The standard InChI is InChI=1S/C23H37NS/c1-17(2)18-7-9-20-19(15-18)8-10-21-22(3,16-25-14-6-13-24)11-5-12-23(20,21)4/h7,9,15,17,21H,5-6,8,10-14,16,24H2,1-4H3/t21-,22-,23+/m0/s1. The van der Waals surface area contributed by atoms with Crippen LogP contribution >= 0.6 is 11.8 Å². The number of benzene rings is 1. The number of thioether (sulfide) groups is 1. The number of fused-ring (bicyclic) bond motifs is 3. The van der Waals surface area contributed by atoms with Gasteiger partial charge in [0, 0.05) is 0 Å². The Labute approximate surface area is 159 Å². The Morgan fingerprint density at radius 1 is 1.24 bits per heavy atom. The molecular weight excluding hydrogens is 322 g/mol. The first-order valence-electron chi connectivity index (χ1n) is 10.3. The van der Waals surface area contributed by atoms with E-state index in [9.17, 15) is 0 Å². The molecule has 1 nitrogen and oxygen atoms in total. The van der Waals surface area contributed by atoms with Gasteiger partial charge in [-0.2, -0.15) is 11.8 Å². The third kappa shape index (κ3) is 3.67. The van der Waals surface area contributed by atoms with E-state index in [1.165, 1.54) is 49.2 Å². The highest BCUT2D eigenvalue weighted by Crippen LogP contribution is 2.58. The third-order valence-electron chi connectivity index (χ3n) is 7.09. The summed E-state index contributed by atoms with van der Waals surface area (Å²) in [5.74, 6) is 4.00. The molecule has 0 spiro atoms. The van der Waals surface area contributed by atoms with Crippen LogP contribution in [0.1, 0.15) is 82.4 Å². The Morgan fingerprint density at radius 2 is 2.04 bits per heavy atom. The number of aryl methyl sites for hydroxylation is 1. The summed E-state index contributed by atoms with van der Waals surface area (Å²) in [6.07, 6.45) is 7.96. The van der Waals surface area contributed by atoms with Gasteiger partial charge in [0.05, 0.1) is 0 Å². The molecule has 140 valence electrons. The van der Waals surface area contributed by atoms with Gasteiger partial charge < -0.3 is 5.73 Å². The molecule has 0 heterocycles. The van der Waals surface area contributed by atoms with Crippen molar-refractivity contribution in [3.8, 4) is 0 Å². The van der Waals surface area contributed by atoms with Crippen molar-refractivity contribution < 1.29 is 0 Å². The van der Waals surface area contributed by atoms with E-state index in [-0.39, 0.29) is 0 Å². The molecule has 1 fully saturated rings. The molecule has 1 aromatic rings. The number of hydrogen-bond acceptors (Lipinski definition) is 2. The van der Waals surface area contributed by atoms with Gasteiger partial charge in [0.2, 0.25) is 0 Å². The number of rotatable bonds is 6. The van der Waals surface area contributed by atoms with E-state index in [2.05, 4.69) is 57.7 Å². The molecule has 0 radical (unpaired) electrons. The first-order valence-corrected chi connectivity index (χ1v) is 11.5. The van der Waals surface area contributed by atoms with Crippen LogP contribution in [0.25, 0.3) is 0 Å². The Bertz CT molecular complexity index is 596. The topological polar surface area (TPSA) is 26.0 Å². The van der Waals surface area contributed by atoms with E-state index >= 15 is 0 Å². The van der Waals surface area contributed by atoms with E-state index in [1.807, 2.05) is 0 Å². The summed E-state index contributed by atoms with van der Waals surface area (Å²) in [7, 11) is 0. The summed E-state index contributed by atoms with van der Waals surface area (Å²) in [5, 5.41) is 0. The molecule has 0 saturated heterocycles. The van der Waals surface area contributed by atoms with Crippen molar-refractivity contribution >= 4 is 11.8 Å². The first-order chi connectivity index (χ1) is 11.9. The first kappa shape index (κ1) is 19.3. The summed E-state index contributed by atoms with van der Waals surface area (Å²) < 4.78 is 0. The summed E-state index contributed by atoms with van der Waals surface area (Å²) in [6, 6.07) is 7.41. The Morgan fingerprint density at radius 3 is 2.76 bits per heavy atom. The summed E-state index contributed by atoms with van der Waals surface area (Å²) >= 11 is 2.15. The number of nitrogens with two attached hydrogens (primary N) is 1. The second-order valence-electron chi connectivity index (χ2n) is 9.28. The van der Waals surface area contributed by atoms with Crippen molar-refractivity contribution in [2.75, 3.05) is 18.1 Å². The Kier molecular flexibility index (Phi) is 5.90. The van der Waals surface area contributed by atoms with Crippen molar-refractivity contribution in [3.05, 3.63) is 34.9 Å². The van der Waals surface area contributed by atoms with Crippen molar-refractivity contribution in [2.45, 2.75) is 77.6 Å². The van der Waals surface area contributed by atoms with Gasteiger partial charge in [0.15, 0.2) is 0 Å². The molecule has 2 aliphatic carbocycles. The van der Waals surface area contributed by atoms with Crippen molar-refractivity contribution in [2.24, 2.45) is 17.1 Å². The molecule has 25 heavy (non-hydrogen) atoms. The monoisotopic (exact) mass is 359 g/mol. The van der Waals surface area contributed by atoms with Gasteiger partial charge >= 0.3 is 0 Å². The van der Waals surface area contributed by atoms with Gasteiger partial charge in [-0.25, -0.2) is 0 Å². The molecule has 0 bridgehead atoms. The van der Waals surface area contributed by atoms with Crippen LogP contribution in [0.2, 0.25) is 0 Å². The highest BCUT2D eigenvalue weighted by Gasteiger charge is 2.51. The molecule has 1 saturated carbocycles. The maximum Gasteiger partial charge on any atom is -0.00105 e. The minimum absolute atomic E-state index is 0.379. The van der Waals surface area contributed by atoms with E-state index in [0.717, 1.165) is 18.9 Å². The SMILES string of the molecule is CC(C)c1ccc2c(c1)CC[C@H]1[C@](C)(CSCCCN)CCC[C@]21C. The third-order valence-corrected chi connectivity index (χ3v) is 8.53. The predicted molar refractivity (Wildman–Crippen MR) is 113 cm³/mol. The van der Waals surface area contributed by atoms with E-state index in [1.54, 1.807) is 11.1 Å². The minimum atomic E-state index is 0.379. The van der Waals surface area contributed by atoms with Crippen LogP contribution in [0.4, 0.5) is 0 Å². The van der Waals surface area contributed by atoms with Crippen LogP contribution in [0.15, 0.2) is 18.2 Å². The molecule has 0 aromatic heterocycles. The lowest BCUT2D eigenvalue weighted by Crippen LogP contribution is -2.50. The summed E-state index contributed by atoms with van der Waals surface area (Å²) in [4.78, 5) is 0. The van der Waals surface area contributed by atoms with Crippen LogP contribution in [0.5, 0.6) is 0 Å². The molecular formula is C23H37NS. The molecule has 0 unspecified atom stereocenters. The maximum absolute atomic E-state index is 5.68. The van der Waals surface area contributed by atoms with E-state index < -0.39 is 0 Å². The molecule has 0 amide bonds. The van der Waals surface area contributed by atoms with Gasteiger partial charge in [-0.15, -0.1) is 0 Å². The fraction of sp³-hybridized carbons (Fsp3) is 0.739. The van der Waals surface area contributed by atoms with Crippen LogP contribution < -0.4 is 5.73 Å². The Hall–Kier alpha value is -0.470. The largest absolute Gasteiger partial charge is 0.330 e. The van der Waals surface area contributed by atoms with Crippen LogP contribution in [0.3, 0.4) is 0 Å². The zero-order chi connectivity index (χ0) is 18.1. The average Bonchev–Trinajstić information content (AvgIpc) is 2.58. The average molecular weight is 360 g/mol. The highest BCUT2D eigenvalue weighted by atomic mass is 32.2. The van der Waals surface area contributed by atoms with Crippen LogP contribution in [-0.4, -0.2) is 18.1 Å². The molecule has 1 aromatic carbocycles. The second-order valence-corrected chi connectivity index (χ2v) is 10.4.